The summed E-state index contributed by atoms with van der Waals surface area (Å²) in [6.45, 7) is 6.42. The van der Waals surface area contributed by atoms with E-state index < -0.39 is 12.3 Å². The first-order valence-corrected chi connectivity index (χ1v) is 6.11. The fraction of sp³-hybridized carbons (Fsp3) is 0.733. The van der Waals surface area contributed by atoms with Crippen molar-refractivity contribution in [2.24, 2.45) is 17.3 Å². The molecular formula is C15H24. The largest absolute Gasteiger partial charge is 0.0990 e. The lowest BCUT2D eigenvalue weighted by Gasteiger charge is -2.36. The van der Waals surface area contributed by atoms with Gasteiger partial charge in [-0.15, -0.1) is 0 Å². The van der Waals surface area contributed by atoms with E-state index in [1.807, 2.05) is 0 Å². The zero-order valence-electron chi connectivity index (χ0n) is 13.0. The average molecular weight is 207 g/mol. The Morgan fingerprint density at radius 3 is 2.93 bits per heavy atom. The van der Waals surface area contributed by atoms with E-state index in [9.17, 15) is 0 Å². The van der Waals surface area contributed by atoms with Crippen molar-refractivity contribution >= 4 is 0 Å². The quantitative estimate of drug-likeness (QED) is 0.587. The van der Waals surface area contributed by atoms with Gasteiger partial charge in [0, 0.05) is 4.11 Å². The second-order valence-corrected chi connectivity index (χ2v) is 5.52. The Labute approximate surface area is 98.7 Å². The molecule has 0 heterocycles. The van der Waals surface area contributed by atoms with Crippen LogP contribution in [0.2, 0.25) is 0 Å². The molecule has 2 rings (SSSR count). The van der Waals surface area contributed by atoms with Gasteiger partial charge in [0.05, 0.1) is 0 Å². The molecule has 0 amide bonds. The maximum absolute atomic E-state index is 8.00. The lowest BCUT2D eigenvalue weighted by Crippen LogP contribution is -2.25. The van der Waals surface area contributed by atoms with E-state index in [1.54, 1.807) is 0 Å². The summed E-state index contributed by atoms with van der Waals surface area (Å²) in [5, 5.41) is 0. The molecule has 0 heteroatoms. The van der Waals surface area contributed by atoms with Crippen molar-refractivity contribution in [2.75, 3.05) is 0 Å². The van der Waals surface area contributed by atoms with Gasteiger partial charge in [0.2, 0.25) is 0 Å². The van der Waals surface area contributed by atoms with E-state index in [-0.39, 0.29) is 0 Å². The molecule has 15 heavy (non-hydrogen) atoms. The van der Waals surface area contributed by atoms with E-state index in [0.29, 0.717) is 11.8 Å². The highest BCUT2D eigenvalue weighted by atomic mass is 14.5. The summed E-state index contributed by atoms with van der Waals surface area (Å²) < 4.78 is 24.0. The maximum atomic E-state index is 8.00. The van der Waals surface area contributed by atoms with Crippen molar-refractivity contribution in [3.05, 3.63) is 23.8 Å². The Morgan fingerprint density at radius 1 is 1.60 bits per heavy atom. The van der Waals surface area contributed by atoms with Gasteiger partial charge in [-0.1, -0.05) is 30.7 Å². The molecule has 3 atom stereocenters. The van der Waals surface area contributed by atoms with Crippen LogP contribution >= 0.6 is 0 Å². The second kappa shape index (κ2) is 3.81. The van der Waals surface area contributed by atoms with E-state index in [0.717, 1.165) is 37.7 Å². The fourth-order valence-electron chi connectivity index (χ4n) is 3.33. The number of rotatable bonds is 3. The Hall–Kier alpha value is -0.520. The number of hydrogen-bond acceptors (Lipinski definition) is 0. The first-order chi connectivity index (χ1) is 8.29. The zero-order chi connectivity index (χ0) is 13.6. The molecular weight excluding hydrogens is 180 g/mol. The summed E-state index contributed by atoms with van der Waals surface area (Å²) in [5.41, 5.74) is 1.70. The van der Waals surface area contributed by atoms with Gasteiger partial charge in [0.15, 0.2) is 0 Å². The van der Waals surface area contributed by atoms with Crippen LogP contribution in [-0.4, -0.2) is 0 Å². The maximum Gasteiger partial charge on any atom is 0.0239 e. The van der Waals surface area contributed by atoms with Gasteiger partial charge < -0.3 is 0 Å². The SMILES string of the molecule is [2H]C([2H])([2H])[C@]1(CCC=C(C)C)C(=C)[C@@H]2CC[C@H]1C2. The third-order valence-electron chi connectivity index (χ3n) is 4.29. The second-order valence-electron chi connectivity index (χ2n) is 5.52. The number of hydrogen-bond donors (Lipinski definition) is 0. The Balaban J connectivity index is 2.25. The molecule has 0 aliphatic heterocycles. The molecule has 2 aliphatic rings. The minimum absolute atomic E-state index is 0.341. The first kappa shape index (κ1) is 7.70. The molecule has 84 valence electrons. The molecule has 0 radical (unpaired) electrons. The van der Waals surface area contributed by atoms with Gasteiger partial charge in [-0.25, -0.2) is 0 Å². The molecule has 0 spiro atoms. The Kier molecular flexibility index (Phi) is 1.96. The molecule has 0 unspecified atom stereocenters. The van der Waals surface area contributed by atoms with Crippen molar-refractivity contribution in [2.45, 2.75) is 52.8 Å². The van der Waals surface area contributed by atoms with Crippen molar-refractivity contribution in [3.8, 4) is 0 Å². The monoisotopic (exact) mass is 207 g/mol. The minimum atomic E-state index is -1.89. The molecule has 2 saturated carbocycles. The van der Waals surface area contributed by atoms with Crippen LogP contribution in [0.3, 0.4) is 0 Å². The highest BCUT2D eigenvalue weighted by molar-refractivity contribution is 5.24. The molecule has 0 aromatic rings. The fourth-order valence-corrected chi connectivity index (χ4v) is 3.33. The van der Waals surface area contributed by atoms with Crippen molar-refractivity contribution in [3.63, 3.8) is 0 Å². The molecule has 0 nitrogen and oxygen atoms in total. The predicted octanol–water partition coefficient (Wildman–Crippen LogP) is 4.73. The third kappa shape index (κ3) is 1.79. The molecule has 2 aliphatic carbocycles. The van der Waals surface area contributed by atoms with Crippen LogP contribution in [0.15, 0.2) is 23.8 Å². The van der Waals surface area contributed by atoms with E-state index >= 15 is 0 Å². The van der Waals surface area contributed by atoms with Crippen LogP contribution in [-0.2, 0) is 0 Å². The summed E-state index contributed by atoms with van der Waals surface area (Å²) in [4.78, 5) is 0. The van der Waals surface area contributed by atoms with Crippen LogP contribution in [0.4, 0.5) is 0 Å². The zero-order valence-corrected chi connectivity index (χ0v) is 9.97. The smallest absolute Gasteiger partial charge is 0.0239 e. The topological polar surface area (TPSA) is 0 Å². The highest BCUT2D eigenvalue weighted by Crippen LogP contribution is 2.60. The van der Waals surface area contributed by atoms with Gasteiger partial charge in [-0.05, 0) is 63.2 Å². The molecule has 0 saturated heterocycles. The summed E-state index contributed by atoms with van der Waals surface area (Å²) in [6, 6.07) is 0. The molecule has 0 aromatic carbocycles. The van der Waals surface area contributed by atoms with E-state index in [1.165, 1.54) is 5.57 Å². The van der Waals surface area contributed by atoms with Crippen LogP contribution in [0.1, 0.15) is 56.9 Å². The molecule has 2 fully saturated rings. The lowest BCUT2D eigenvalue weighted by molar-refractivity contribution is 0.241. The lowest BCUT2D eigenvalue weighted by atomic mass is 9.69. The van der Waals surface area contributed by atoms with Crippen molar-refractivity contribution < 1.29 is 4.11 Å². The van der Waals surface area contributed by atoms with Crippen molar-refractivity contribution in [1.82, 2.24) is 0 Å². The summed E-state index contributed by atoms with van der Waals surface area (Å²) in [7, 11) is 0. The number of allylic oxidation sites excluding steroid dienone is 3. The minimum Gasteiger partial charge on any atom is -0.0990 e. The van der Waals surface area contributed by atoms with E-state index in [4.69, 9.17) is 4.11 Å². The Morgan fingerprint density at radius 2 is 2.40 bits per heavy atom. The molecule has 2 bridgehead atoms. The van der Waals surface area contributed by atoms with Gasteiger partial charge in [-0.3, -0.25) is 0 Å². The first-order valence-electron chi connectivity index (χ1n) is 7.61. The van der Waals surface area contributed by atoms with Gasteiger partial charge in [0.25, 0.3) is 0 Å². The van der Waals surface area contributed by atoms with Crippen molar-refractivity contribution in [1.29, 1.82) is 0 Å². The van der Waals surface area contributed by atoms with Gasteiger partial charge in [0.1, 0.15) is 0 Å². The predicted molar refractivity (Wildman–Crippen MR) is 66.7 cm³/mol. The third-order valence-corrected chi connectivity index (χ3v) is 4.29. The summed E-state index contributed by atoms with van der Waals surface area (Å²) >= 11 is 0. The number of fused-ring (bicyclic) bond motifs is 2. The van der Waals surface area contributed by atoms with Gasteiger partial charge in [-0.2, -0.15) is 0 Å². The Bertz CT molecular complexity index is 374. The molecule has 0 N–H and O–H groups in total. The van der Waals surface area contributed by atoms with Crippen LogP contribution < -0.4 is 0 Å². The summed E-state index contributed by atoms with van der Waals surface area (Å²) in [5.74, 6) is 0.815. The van der Waals surface area contributed by atoms with Crippen LogP contribution in [0.25, 0.3) is 0 Å². The molecule has 0 aromatic heterocycles. The van der Waals surface area contributed by atoms with Crippen LogP contribution in [0, 0.1) is 17.3 Å². The van der Waals surface area contributed by atoms with Gasteiger partial charge >= 0.3 is 0 Å². The summed E-state index contributed by atoms with van der Waals surface area (Å²) in [6.07, 6.45) is 7.07. The highest BCUT2D eigenvalue weighted by Gasteiger charge is 2.49. The average Bonchev–Trinajstić information content (AvgIpc) is 2.78. The standard InChI is InChI=1S/C15H24/c1-11(2)6-5-9-15(4)12(3)13-7-8-14(15)10-13/h6,13-14H,3,5,7-10H2,1-2,4H3/t13-,14+,15+/m1/s1/i4D3. The van der Waals surface area contributed by atoms with Crippen LogP contribution in [0.5, 0.6) is 0 Å². The van der Waals surface area contributed by atoms with E-state index in [2.05, 4.69) is 26.5 Å². The normalized spacial score (nSPS) is 42.3.